The zero-order chi connectivity index (χ0) is 34.3. The lowest BCUT2D eigenvalue weighted by Gasteiger charge is -2.47. The number of carbonyl (C=O) groups is 1. The Hall–Kier alpha value is -3.49. The summed E-state index contributed by atoms with van der Waals surface area (Å²) in [5.41, 5.74) is 4.56. The number of carboxylic acid groups (broad SMARTS) is 1. The Morgan fingerprint density at radius 1 is 1.02 bits per heavy atom. The third-order valence-corrected chi connectivity index (χ3v) is 12.8. The van der Waals surface area contributed by atoms with E-state index in [1.807, 2.05) is 36.5 Å². The van der Waals surface area contributed by atoms with E-state index >= 15 is 0 Å². The van der Waals surface area contributed by atoms with Crippen molar-refractivity contribution in [2.45, 2.75) is 94.9 Å². The van der Waals surface area contributed by atoms with Crippen LogP contribution in [0.5, 0.6) is 17.2 Å². The Bertz CT molecular complexity index is 1730. The molecule has 0 bridgehead atoms. The lowest BCUT2D eigenvalue weighted by atomic mass is 9.59. The van der Waals surface area contributed by atoms with Crippen molar-refractivity contribution in [3.63, 3.8) is 0 Å². The summed E-state index contributed by atoms with van der Waals surface area (Å²) in [5.74, 6) is 2.48. The third-order valence-electron chi connectivity index (χ3n) is 12.6. The van der Waals surface area contributed by atoms with Crippen LogP contribution in [-0.2, 0) is 34.2 Å². The Labute approximate surface area is 300 Å². The zero-order valence-electron chi connectivity index (χ0n) is 29.1. The maximum atomic E-state index is 13.0. The largest absolute Gasteiger partial charge is 0.493 e. The first kappa shape index (κ1) is 33.6. The van der Waals surface area contributed by atoms with Crippen LogP contribution in [0.4, 0.5) is 5.69 Å². The van der Waals surface area contributed by atoms with E-state index in [1.165, 1.54) is 35.2 Å². The molecule has 3 aliphatic carbocycles. The van der Waals surface area contributed by atoms with Crippen molar-refractivity contribution in [2.75, 3.05) is 38.4 Å². The molecule has 1 unspecified atom stereocenters. The van der Waals surface area contributed by atoms with Crippen molar-refractivity contribution in [1.82, 2.24) is 4.98 Å². The van der Waals surface area contributed by atoms with Crippen LogP contribution in [0.3, 0.4) is 0 Å². The zero-order valence-corrected chi connectivity index (χ0v) is 29.9. The van der Waals surface area contributed by atoms with Crippen LogP contribution >= 0.6 is 11.6 Å². The lowest BCUT2D eigenvalue weighted by Crippen LogP contribution is -2.53. The van der Waals surface area contributed by atoms with Gasteiger partial charge in [0.15, 0.2) is 11.5 Å². The number of pyridine rings is 1. The molecule has 2 N–H and O–H groups in total. The number of hydrogen-bond donors (Lipinski definition) is 2. The number of nitrogens with one attached hydrogen (secondary N) is 1. The maximum Gasteiger partial charge on any atom is 0.329 e. The Morgan fingerprint density at radius 2 is 1.78 bits per heavy atom. The molecule has 8 nitrogen and oxygen atoms in total. The van der Waals surface area contributed by atoms with Gasteiger partial charge < -0.3 is 29.4 Å². The highest BCUT2D eigenvalue weighted by atomic mass is 35.5. The molecule has 0 radical (unpaired) electrons. The van der Waals surface area contributed by atoms with E-state index in [0.717, 1.165) is 87.5 Å². The smallest absolute Gasteiger partial charge is 0.329 e. The van der Waals surface area contributed by atoms with Gasteiger partial charge in [-0.2, -0.15) is 0 Å². The van der Waals surface area contributed by atoms with Gasteiger partial charge in [0.05, 0.1) is 19.8 Å². The number of carboxylic acids is 1. The van der Waals surface area contributed by atoms with Gasteiger partial charge in [-0.1, -0.05) is 24.6 Å². The molecule has 2 spiro atoms. The number of aryl methyl sites for hydroxylation is 1. The van der Waals surface area contributed by atoms with E-state index in [1.54, 1.807) is 0 Å². The summed E-state index contributed by atoms with van der Waals surface area (Å²) in [5, 5.41) is 14.7. The number of rotatable bonds is 8. The SMILES string of the molecule is C[C@@H](COc1ccnc2c1CCCC2)CC1Cc2cc3c(cc2C12CCC(Nc1cccc(Cl)c1)(C(=O)O)CC2)OCC1(CCOCC1)CO3. The van der Waals surface area contributed by atoms with Crippen LogP contribution < -0.4 is 19.5 Å². The summed E-state index contributed by atoms with van der Waals surface area (Å²) < 4.78 is 25.3. The van der Waals surface area contributed by atoms with Gasteiger partial charge >= 0.3 is 5.97 Å². The van der Waals surface area contributed by atoms with Crippen LogP contribution in [0.15, 0.2) is 48.7 Å². The highest BCUT2D eigenvalue weighted by molar-refractivity contribution is 6.30. The van der Waals surface area contributed by atoms with E-state index in [2.05, 4.69) is 29.4 Å². The van der Waals surface area contributed by atoms with E-state index in [0.29, 0.717) is 49.5 Å². The third kappa shape index (κ3) is 6.32. The maximum absolute atomic E-state index is 13.0. The van der Waals surface area contributed by atoms with E-state index in [4.69, 9.17) is 30.5 Å². The number of anilines is 1. The number of benzene rings is 2. The molecule has 9 heteroatoms. The first-order valence-electron chi connectivity index (χ1n) is 18.6. The molecule has 3 aromatic rings. The van der Waals surface area contributed by atoms with Crippen molar-refractivity contribution < 1.29 is 28.8 Å². The molecule has 1 saturated carbocycles. The van der Waals surface area contributed by atoms with Crippen molar-refractivity contribution in [3.05, 3.63) is 76.1 Å². The number of aromatic nitrogens is 1. The molecule has 8 rings (SSSR count). The summed E-state index contributed by atoms with van der Waals surface area (Å²) in [6.07, 6.45) is 12.7. The van der Waals surface area contributed by atoms with E-state index < -0.39 is 11.5 Å². The highest BCUT2D eigenvalue weighted by Gasteiger charge is 2.54. The lowest BCUT2D eigenvalue weighted by molar-refractivity contribution is -0.144. The second kappa shape index (κ2) is 13.6. The molecule has 5 aliphatic rings. The molecule has 1 saturated heterocycles. The van der Waals surface area contributed by atoms with Crippen molar-refractivity contribution in [1.29, 1.82) is 0 Å². The first-order valence-corrected chi connectivity index (χ1v) is 19.0. The van der Waals surface area contributed by atoms with Gasteiger partial charge in [0.2, 0.25) is 0 Å². The fourth-order valence-electron chi connectivity index (χ4n) is 9.60. The fraction of sp³-hybridized carbons (Fsp3) is 0.561. The van der Waals surface area contributed by atoms with Gasteiger partial charge in [-0.15, -0.1) is 0 Å². The fourth-order valence-corrected chi connectivity index (χ4v) is 9.79. The molecule has 2 aliphatic heterocycles. The molecule has 2 atom stereocenters. The molecule has 2 fully saturated rings. The van der Waals surface area contributed by atoms with Crippen LogP contribution in [-0.4, -0.2) is 54.6 Å². The topological polar surface area (TPSA) is 99.1 Å². The predicted molar refractivity (Wildman–Crippen MR) is 193 cm³/mol. The monoisotopic (exact) mass is 700 g/mol. The van der Waals surface area contributed by atoms with Gasteiger partial charge in [-0.25, -0.2) is 4.79 Å². The normalized spacial score (nSPS) is 27.2. The minimum absolute atomic E-state index is 0.0244. The van der Waals surface area contributed by atoms with Gasteiger partial charge in [0, 0.05) is 46.8 Å². The van der Waals surface area contributed by atoms with Crippen LogP contribution in [0.1, 0.15) is 87.1 Å². The molecule has 50 heavy (non-hydrogen) atoms. The van der Waals surface area contributed by atoms with Crippen molar-refractivity contribution in [2.24, 2.45) is 17.3 Å². The molecular weight excluding hydrogens is 652 g/mol. The number of hydrogen-bond acceptors (Lipinski definition) is 7. The number of fused-ring (bicyclic) bond motifs is 4. The molecular formula is C41H49ClN2O6. The Balaban J connectivity index is 1.06. The number of aliphatic carboxylic acids is 1. The van der Waals surface area contributed by atoms with Gasteiger partial charge in [-0.05, 0) is 142 Å². The summed E-state index contributed by atoms with van der Waals surface area (Å²) in [6, 6.07) is 13.9. The number of nitrogens with zero attached hydrogens (tertiary/aromatic N) is 1. The molecule has 266 valence electrons. The van der Waals surface area contributed by atoms with Crippen LogP contribution in [0, 0.1) is 17.3 Å². The summed E-state index contributed by atoms with van der Waals surface area (Å²) >= 11 is 6.30. The van der Waals surface area contributed by atoms with Crippen molar-refractivity contribution in [3.8, 4) is 17.2 Å². The molecule has 2 aromatic carbocycles. The summed E-state index contributed by atoms with van der Waals surface area (Å²) in [4.78, 5) is 17.6. The number of halogens is 1. The van der Waals surface area contributed by atoms with Crippen molar-refractivity contribution >= 4 is 23.3 Å². The van der Waals surface area contributed by atoms with Crippen LogP contribution in [0.25, 0.3) is 0 Å². The molecule has 1 aromatic heterocycles. The second-order valence-electron chi connectivity index (χ2n) is 15.8. The Morgan fingerprint density at radius 3 is 2.54 bits per heavy atom. The summed E-state index contributed by atoms with van der Waals surface area (Å²) in [6.45, 7) is 5.68. The van der Waals surface area contributed by atoms with Gasteiger partial charge in [0.1, 0.15) is 11.3 Å². The predicted octanol–water partition coefficient (Wildman–Crippen LogP) is 8.21. The number of ether oxygens (including phenoxy) is 4. The molecule has 0 amide bonds. The highest BCUT2D eigenvalue weighted by Crippen LogP contribution is 2.58. The van der Waals surface area contributed by atoms with E-state index in [-0.39, 0.29) is 10.8 Å². The van der Waals surface area contributed by atoms with Gasteiger partial charge in [0.25, 0.3) is 0 Å². The minimum atomic E-state index is -1.07. The first-order chi connectivity index (χ1) is 24.3. The second-order valence-corrected chi connectivity index (χ2v) is 16.3. The average molecular weight is 701 g/mol. The molecule has 3 heterocycles. The standard InChI is InChI=1S/C41H49ClN2O6/c1-27(24-48-35-9-16-43-34-8-3-2-7-32(34)35)19-29-20-28-21-36-37(50-26-39(25-49-36)14-17-47-18-15-39)23-33(28)40(29)10-12-41(13-11-40,38(45)46)44-31-6-4-5-30(42)22-31/h4-6,9,16,21-23,27,29,44H,2-3,7-8,10-15,17-20,24-26H2,1H3,(H,45,46)/t27-,29?,40?,41?/m1/s1. The Kier molecular flexibility index (Phi) is 9.13. The van der Waals surface area contributed by atoms with E-state index in [9.17, 15) is 9.90 Å². The van der Waals surface area contributed by atoms with Gasteiger partial charge in [-0.3, -0.25) is 4.98 Å². The minimum Gasteiger partial charge on any atom is -0.493 e. The summed E-state index contributed by atoms with van der Waals surface area (Å²) in [7, 11) is 0. The van der Waals surface area contributed by atoms with Crippen LogP contribution in [0.2, 0.25) is 5.02 Å². The quantitative estimate of drug-likeness (QED) is 0.243. The average Bonchev–Trinajstić information content (AvgIpc) is 3.29.